The molecule has 1 rings (SSSR count). The SMILES string of the molecule is CCCC(C)N(C)c1ccccc1[C@H](O)CC. The number of para-hydroxylation sites is 1. The van der Waals surface area contributed by atoms with Gasteiger partial charge in [0.2, 0.25) is 0 Å². The molecule has 96 valence electrons. The lowest BCUT2D eigenvalue weighted by Gasteiger charge is -2.30. The van der Waals surface area contributed by atoms with Crippen LogP contribution in [0, 0.1) is 0 Å². The van der Waals surface area contributed by atoms with Gasteiger partial charge in [-0.25, -0.2) is 0 Å². The molecule has 0 aromatic heterocycles. The Labute approximate surface area is 105 Å². The van der Waals surface area contributed by atoms with E-state index in [1.165, 1.54) is 12.8 Å². The molecule has 2 heteroatoms. The minimum Gasteiger partial charge on any atom is -0.388 e. The van der Waals surface area contributed by atoms with Crippen LogP contribution in [0.1, 0.15) is 51.7 Å². The Morgan fingerprint density at radius 1 is 1.24 bits per heavy atom. The first-order valence-corrected chi connectivity index (χ1v) is 6.61. The summed E-state index contributed by atoms with van der Waals surface area (Å²) in [5.41, 5.74) is 2.20. The summed E-state index contributed by atoms with van der Waals surface area (Å²) < 4.78 is 0. The highest BCUT2D eigenvalue weighted by Crippen LogP contribution is 2.29. The Morgan fingerprint density at radius 2 is 1.88 bits per heavy atom. The number of anilines is 1. The average molecular weight is 235 g/mol. The summed E-state index contributed by atoms with van der Waals surface area (Å²) in [6.45, 7) is 6.45. The van der Waals surface area contributed by atoms with Crippen LogP contribution in [-0.4, -0.2) is 18.2 Å². The van der Waals surface area contributed by atoms with Crippen molar-refractivity contribution in [3.05, 3.63) is 29.8 Å². The zero-order chi connectivity index (χ0) is 12.8. The minimum atomic E-state index is -0.359. The normalized spacial score (nSPS) is 14.4. The van der Waals surface area contributed by atoms with E-state index in [-0.39, 0.29) is 6.10 Å². The van der Waals surface area contributed by atoms with E-state index in [4.69, 9.17) is 0 Å². The van der Waals surface area contributed by atoms with Gasteiger partial charge in [-0.15, -0.1) is 0 Å². The van der Waals surface area contributed by atoms with E-state index < -0.39 is 0 Å². The van der Waals surface area contributed by atoms with Gasteiger partial charge in [0.1, 0.15) is 0 Å². The van der Waals surface area contributed by atoms with Crippen LogP contribution in [0.3, 0.4) is 0 Å². The number of aliphatic hydroxyl groups is 1. The molecule has 0 spiro atoms. The second kappa shape index (κ2) is 6.65. The van der Waals surface area contributed by atoms with Gasteiger partial charge in [0.05, 0.1) is 6.10 Å². The van der Waals surface area contributed by atoms with Crippen LogP contribution in [0.5, 0.6) is 0 Å². The third-order valence-electron chi connectivity index (χ3n) is 3.43. The van der Waals surface area contributed by atoms with Crippen molar-refractivity contribution in [2.45, 2.75) is 52.2 Å². The Kier molecular flexibility index (Phi) is 5.49. The maximum Gasteiger partial charge on any atom is 0.0807 e. The van der Waals surface area contributed by atoms with Crippen molar-refractivity contribution in [3.63, 3.8) is 0 Å². The van der Waals surface area contributed by atoms with Crippen LogP contribution in [-0.2, 0) is 0 Å². The van der Waals surface area contributed by atoms with Gasteiger partial charge in [-0.2, -0.15) is 0 Å². The van der Waals surface area contributed by atoms with Crippen molar-refractivity contribution in [2.75, 3.05) is 11.9 Å². The molecule has 0 fully saturated rings. The molecule has 1 aromatic carbocycles. The number of nitrogens with zero attached hydrogens (tertiary/aromatic N) is 1. The van der Waals surface area contributed by atoms with Gasteiger partial charge in [-0.3, -0.25) is 0 Å². The van der Waals surface area contributed by atoms with Crippen LogP contribution >= 0.6 is 0 Å². The van der Waals surface area contributed by atoms with Gasteiger partial charge in [0.15, 0.2) is 0 Å². The summed E-state index contributed by atoms with van der Waals surface area (Å²) in [7, 11) is 2.11. The van der Waals surface area contributed by atoms with Crippen LogP contribution < -0.4 is 4.90 Å². The quantitative estimate of drug-likeness (QED) is 0.811. The summed E-state index contributed by atoms with van der Waals surface area (Å²) >= 11 is 0. The molecule has 17 heavy (non-hydrogen) atoms. The van der Waals surface area contributed by atoms with E-state index in [1.54, 1.807) is 0 Å². The second-order valence-electron chi connectivity index (χ2n) is 4.73. The molecule has 2 atom stereocenters. The lowest BCUT2D eigenvalue weighted by Crippen LogP contribution is -2.29. The fourth-order valence-electron chi connectivity index (χ4n) is 2.16. The predicted molar refractivity (Wildman–Crippen MR) is 74.5 cm³/mol. The number of hydrogen-bond acceptors (Lipinski definition) is 2. The topological polar surface area (TPSA) is 23.5 Å². The average Bonchev–Trinajstić information content (AvgIpc) is 2.37. The van der Waals surface area contributed by atoms with E-state index >= 15 is 0 Å². The molecule has 0 aliphatic carbocycles. The summed E-state index contributed by atoms with van der Waals surface area (Å²) in [6.07, 6.45) is 2.76. The van der Waals surface area contributed by atoms with E-state index in [9.17, 15) is 5.11 Å². The van der Waals surface area contributed by atoms with Gasteiger partial charge in [-0.05, 0) is 25.8 Å². The third-order valence-corrected chi connectivity index (χ3v) is 3.43. The zero-order valence-corrected chi connectivity index (χ0v) is 11.5. The van der Waals surface area contributed by atoms with Crippen molar-refractivity contribution >= 4 is 5.69 Å². The molecule has 0 heterocycles. The molecule has 0 saturated heterocycles. The van der Waals surface area contributed by atoms with Gasteiger partial charge in [0.25, 0.3) is 0 Å². The molecule has 1 aromatic rings. The molecule has 0 aliphatic rings. The number of aliphatic hydroxyl groups excluding tert-OH is 1. The fraction of sp³-hybridized carbons (Fsp3) is 0.600. The summed E-state index contributed by atoms with van der Waals surface area (Å²) in [5, 5.41) is 10.0. The molecule has 0 radical (unpaired) electrons. The molecule has 0 aliphatic heterocycles. The smallest absolute Gasteiger partial charge is 0.0807 e. The van der Waals surface area contributed by atoms with E-state index in [0.717, 1.165) is 17.7 Å². The molecule has 0 saturated carbocycles. The minimum absolute atomic E-state index is 0.359. The number of hydrogen-bond donors (Lipinski definition) is 1. The molecule has 1 unspecified atom stereocenters. The molecule has 1 N–H and O–H groups in total. The van der Waals surface area contributed by atoms with Crippen molar-refractivity contribution < 1.29 is 5.11 Å². The predicted octanol–water partition coefficient (Wildman–Crippen LogP) is 3.75. The highest BCUT2D eigenvalue weighted by atomic mass is 16.3. The summed E-state index contributed by atoms with van der Waals surface area (Å²) in [4.78, 5) is 2.28. The van der Waals surface area contributed by atoms with Crippen LogP contribution in [0.2, 0.25) is 0 Å². The molecule has 0 bridgehead atoms. The van der Waals surface area contributed by atoms with Gasteiger partial charge in [0, 0.05) is 24.3 Å². The molecular formula is C15H25NO. The Morgan fingerprint density at radius 3 is 2.47 bits per heavy atom. The second-order valence-corrected chi connectivity index (χ2v) is 4.73. The largest absolute Gasteiger partial charge is 0.388 e. The van der Waals surface area contributed by atoms with Crippen LogP contribution in [0.4, 0.5) is 5.69 Å². The molecule has 2 nitrogen and oxygen atoms in total. The Hall–Kier alpha value is -1.02. The Balaban J connectivity index is 2.96. The Bertz CT molecular complexity index is 337. The number of rotatable bonds is 6. The van der Waals surface area contributed by atoms with E-state index in [0.29, 0.717) is 6.04 Å². The highest BCUT2D eigenvalue weighted by molar-refractivity contribution is 5.54. The maximum atomic E-state index is 10.0. The van der Waals surface area contributed by atoms with Crippen LogP contribution in [0.25, 0.3) is 0 Å². The molecular weight excluding hydrogens is 210 g/mol. The summed E-state index contributed by atoms with van der Waals surface area (Å²) in [6, 6.07) is 8.66. The van der Waals surface area contributed by atoms with Crippen molar-refractivity contribution in [1.29, 1.82) is 0 Å². The lowest BCUT2D eigenvalue weighted by atomic mass is 10.0. The van der Waals surface area contributed by atoms with E-state index in [1.807, 2.05) is 25.1 Å². The van der Waals surface area contributed by atoms with Crippen molar-refractivity contribution in [2.24, 2.45) is 0 Å². The van der Waals surface area contributed by atoms with E-state index in [2.05, 4.69) is 31.9 Å². The highest BCUT2D eigenvalue weighted by Gasteiger charge is 2.16. The first kappa shape index (κ1) is 14.0. The first-order chi connectivity index (χ1) is 8.11. The van der Waals surface area contributed by atoms with Gasteiger partial charge >= 0.3 is 0 Å². The standard InChI is InChI=1S/C15H25NO/c1-5-9-12(3)16(4)14-11-8-7-10-13(14)15(17)6-2/h7-8,10-12,15,17H,5-6,9H2,1-4H3/t12?,15-/m1/s1. The zero-order valence-electron chi connectivity index (χ0n) is 11.5. The number of benzene rings is 1. The van der Waals surface area contributed by atoms with Gasteiger partial charge in [-0.1, -0.05) is 38.5 Å². The molecule has 0 amide bonds. The monoisotopic (exact) mass is 235 g/mol. The maximum absolute atomic E-state index is 10.0. The third kappa shape index (κ3) is 3.47. The van der Waals surface area contributed by atoms with Crippen molar-refractivity contribution in [3.8, 4) is 0 Å². The van der Waals surface area contributed by atoms with Crippen molar-refractivity contribution in [1.82, 2.24) is 0 Å². The first-order valence-electron chi connectivity index (χ1n) is 6.61. The van der Waals surface area contributed by atoms with Crippen LogP contribution in [0.15, 0.2) is 24.3 Å². The van der Waals surface area contributed by atoms with Gasteiger partial charge < -0.3 is 10.0 Å². The fourth-order valence-corrected chi connectivity index (χ4v) is 2.16. The summed E-state index contributed by atoms with van der Waals surface area (Å²) in [5.74, 6) is 0. The lowest BCUT2D eigenvalue weighted by molar-refractivity contribution is 0.174.